The van der Waals surface area contributed by atoms with Gasteiger partial charge in [0.15, 0.2) is 0 Å². The van der Waals surface area contributed by atoms with Gasteiger partial charge in [-0.25, -0.2) is 0 Å². The number of anilines is 1. The molecule has 3 rings (SSSR count). The van der Waals surface area contributed by atoms with E-state index in [1.165, 1.54) is 39.1 Å². The van der Waals surface area contributed by atoms with Gasteiger partial charge in [0.25, 0.3) is 0 Å². The van der Waals surface area contributed by atoms with Crippen molar-refractivity contribution in [1.29, 1.82) is 0 Å². The van der Waals surface area contributed by atoms with E-state index in [-0.39, 0.29) is 17.1 Å². The number of nitrogens with zero attached hydrogens (tertiary/aromatic N) is 2. The van der Waals surface area contributed by atoms with Crippen LogP contribution >= 0.6 is 0 Å². The van der Waals surface area contributed by atoms with Crippen molar-refractivity contribution >= 4 is 5.69 Å². The first-order valence-electron chi connectivity index (χ1n) is 7.72. The fourth-order valence-corrected chi connectivity index (χ4v) is 2.81. The number of fused-ring (bicyclic) bond motifs is 1. The Morgan fingerprint density at radius 3 is 1.91 bits per heavy atom. The summed E-state index contributed by atoms with van der Waals surface area (Å²) in [5.74, 6) is 0. The van der Waals surface area contributed by atoms with Gasteiger partial charge in [-0.15, -0.1) is 5.69 Å². The number of hydrogen-bond donors (Lipinski definition) is 0. The van der Waals surface area contributed by atoms with Crippen LogP contribution in [0.4, 0.5) is 5.69 Å². The Hall–Kier alpha value is -1.57. The van der Waals surface area contributed by atoms with Crippen molar-refractivity contribution in [3.8, 4) is 11.3 Å². The molecular weight excluding hydrogens is 324 g/mol. The molecule has 0 amide bonds. The topological polar surface area (TPSA) is 17.3 Å². The summed E-state index contributed by atoms with van der Waals surface area (Å²) in [7, 11) is 4.09. The van der Waals surface area contributed by atoms with Crippen molar-refractivity contribution in [3.05, 3.63) is 58.3 Å². The first-order chi connectivity index (χ1) is 10.3. The second-order valence-electron chi connectivity index (χ2n) is 6.17. The smallest absolute Gasteiger partial charge is 0.663 e. The van der Waals surface area contributed by atoms with Crippen LogP contribution in [0.15, 0.2) is 30.5 Å². The fourth-order valence-electron chi connectivity index (χ4n) is 2.81. The van der Waals surface area contributed by atoms with Crippen molar-refractivity contribution in [2.45, 2.75) is 34.6 Å². The molecule has 1 aromatic carbocycles. The Kier molecular flexibility index (Phi) is 6.61. The monoisotopic (exact) mass is 350 g/mol. The zero-order chi connectivity index (χ0) is 16.4. The molecule has 1 aliphatic carbocycles. The maximum absolute atomic E-state index is 4.26. The van der Waals surface area contributed by atoms with E-state index < -0.39 is 0 Å². The van der Waals surface area contributed by atoms with Crippen molar-refractivity contribution in [2.75, 3.05) is 19.0 Å². The Morgan fingerprint density at radius 1 is 0.913 bits per heavy atom. The third kappa shape index (κ3) is 3.85. The molecule has 2 nitrogen and oxygen atoms in total. The summed E-state index contributed by atoms with van der Waals surface area (Å²) in [6, 6.07) is 8.19. The number of rotatable bonds is 1. The summed E-state index contributed by atoms with van der Waals surface area (Å²) in [6.45, 7) is 11.0. The van der Waals surface area contributed by atoms with E-state index >= 15 is 0 Å². The van der Waals surface area contributed by atoms with Gasteiger partial charge in [-0.1, -0.05) is 58.9 Å². The quantitative estimate of drug-likeness (QED) is 0.465. The average Bonchev–Trinajstić information content (AvgIpc) is 3.05. The van der Waals surface area contributed by atoms with Crippen LogP contribution in [0.5, 0.6) is 0 Å². The third-order valence-corrected chi connectivity index (χ3v) is 4.81. The minimum absolute atomic E-state index is 0. The van der Waals surface area contributed by atoms with Gasteiger partial charge in [0, 0.05) is 19.8 Å². The van der Waals surface area contributed by atoms with E-state index in [2.05, 4.69) is 50.6 Å². The number of hydrogen-bond acceptors (Lipinski definition) is 1. The van der Waals surface area contributed by atoms with E-state index in [1.807, 2.05) is 38.5 Å². The summed E-state index contributed by atoms with van der Waals surface area (Å²) < 4.78 is 0. The summed E-state index contributed by atoms with van der Waals surface area (Å²) in [4.78, 5) is 6.36. The van der Waals surface area contributed by atoms with Gasteiger partial charge in [-0.2, -0.15) is 34.0 Å². The first-order valence-corrected chi connectivity index (χ1v) is 7.72. The molecule has 124 valence electrons. The van der Waals surface area contributed by atoms with Crippen LogP contribution in [0, 0.1) is 34.6 Å². The Labute approximate surface area is 151 Å². The molecule has 1 aliphatic heterocycles. The van der Waals surface area contributed by atoms with Gasteiger partial charge in [0.05, 0.1) is 0 Å². The molecule has 0 saturated heterocycles. The molecule has 0 unspecified atom stereocenters. The van der Waals surface area contributed by atoms with Crippen LogP contribution in [-0.2, 0) is 17.1 Å². The van der Waals surface area contributed by atoms with Gasteiger partial charge in [0.1, 0.15) is 0 Å². The molecule has 0 saturated carbocycles. The van der Waals surface area contributed by atoms with Crippen molar-refractivity contribution in [3.63, 3.8) is 0 Å². The Balaban J connectivity index is 0.000000224. The molecule has 23 heavy (non-hydrogen) atoms. The summed E-state index contributed by atoms with van der Waals surface area (Å²) in [5, 5.41) is 0. The molecule has 0 bridgehead atoms. The largest absolute Gasteiger partial charge is 2.00 e. The molecule has 0 fully saturated rings. The molecule has 0 atom stereocenters. The summed E-state index contributed by atoms with van der Waals surface area (Å²) >= 11 is 0. The van der Waals surface area contributed by atoms with E-state index in [9.17, 15) is 0 Å². The maximum Gasteiger partial charge on any atom is 2.00 e. The van der Waals surface area contributed by atoms with Crippen LogP contribution in [0.25, 0.3) is 11.3 Å². The summed E-state index contributed by atoms with van der Waals surface area (Å²) in [5.41, 5.74) is 10.9. The first kappa shape index (κ1) is 19.5. The van der Waals surface area contributed by atoms with Gasteiger partial charge in [-0.05, 0) is 5.56 Å². The van der Waals surface area contributed by atoms with Gasteiger partial charge >= 0.3 is 17.1 Å². The average molecular weight is 350 g/mol. The second kappa shape index (κ2) is 7.81. The molecule has 2 aliphatic rings. The van der Waals surface area contributed by atoms with E-state index in [0.717, 1.165) is 5.69 Å². The number of aromatic nitrogens is 1. The molecular formula is C20H26FeN2. The SMILES string of the molecule is CN(C)c1cc[n-]c2cccc1-2.Cc1c(C)c(C)[c-](C)c1C.[Fe+2]. The van der Waals surface area contributed by atoms with E-state index in [4.69, 9.17) is 0 Å². The standard InChI is InChI=1S/C10H11N2.C10H15.Fe/c1-12(2)10-6-7-11-9-5-3-4-8(9)10;1-6-7(2)9(4)10(5)8(6)3;/h3-7H,1-2H3;1-5H3;/q2*-1;+2. The molecule has 3 heteroatoms. The molecule has 1 heterocycles. The second-order valence-corrected chi connectivity index (χ2v) is 6.17. The molecule has 0 spiro atoms. The van der Waals surface area contributed by atoms with Crippen molar-refractivity contribution in [2.24, 2.45) is 0 Å². The predicted octanol–water partition coefficient (Wildman–Crippen LogP) is 4.76. The van der Waals surface area contributed by atoms with Crippen LogP contribution < -0.4 is 9.88 Å². The van der Waals surface area contributed by atoms with Crippen LogP contribution in [0.3, 0.4) is 0 Å². The zero-order valence-corrected chi connectivity index (χ0v) is 16.2. The minimum Gasteiger partial charge on any atom is -0.663 e. The van der Waals surface area contributed by atoms with E-state index in [1.54, 1.807) is 0 Å². The van der Waals surface area contributed by atoms with Gasteiger partial charge in [0.2, 0.25) is 0 Å². The molecule has 0 radical (unpaired) electrons. The predicted molar refractivity (Wildman–Crippen MR) is 96.4 cm³/mol. The number of pyridine rings is 1. The van der Waals surface area contributed by atoms with Crippen LogP contribution in [-0.4, -0.2) is 14.1 Å². The third-order valence-electron chi connectivity index (χ3n) is 4.81. The normalized spacial score (nSPS) is 10.0. The zero-order valence-electron chi connectivity index (χ0n) is 15.1. The van der Waals surface area contributed by atoms with Crippen LogP contribution in [0.1, 0.15) is 27.8 Å². The van der Waals surface area contributed by atoms with Crippen LogP contribution in [0.2, 0.25) is 0 Å². The minimum atomic E-state index is 0. The van der Waals surface area contributed by atoms with Crippen molar-refractivity contribution < 1.29 is 17.1 Å². The van der Waals surface area contributed by atoms with Gasteiger partial charge < -0.3 is 9.88 Å². The van der Waals surface area contributed by atoms with Crippen molar-refractivity contribution in [1.82, 2.24) is 4.98 Å². The van der Waals surface area contributed by atoms with Gasteiger partial charge in [-0.3, -0.25) is 0 Å². The maximum atomic E-state index is 4.26. The Bertz CT molecular complexity index is 654. The molecule has 1 aromatic rings. The molecule has 0 aromatic heterocycles. The van der Waals surface area contributed by atoms with E-state index in [0.29, 0.717) is 0 Å². The summed E-state index contributed by atoms with van der Waals surface area (Å²) in [6.07, 6.45) is 1.84. The Morgan fingerprint density at radius 2 is 1.48 bits per heavy atom. The molecule has 0 N–H and O–H groups in total. The fraction of sp³-hybridized carbons (Fsp3) is 0.350.